The normalized spacial score (nSPS) is 31.3. The maximum atomic E-state index is 12.4. The number of hydrogen-bond donors (Lipinski definition) is 1. The van der Waals surface area contributed by atoms with Crippen molar-refractivity contribution in [3.05, 3.63) is 0 Å². The molecule has 2 atom stereocenters. The second-order valence-electron chi connectivity index (χ2n) is 7.01. The molecule has 0 unspecified atom stereocenters. The van der Waals surface area contributed by atoms with Crippen molar-refractivity contribution in [2.45, 2.75) is 50.6 Å². The summed E-state index contributed by atoms with van der Waals surface area (Å²) in [5, 5.41) is 3.00. The fraction of sp³-hybridized carbons (Fsp3) is 0.933. The summed E-state index contributed by atoms with van der Waals surface area (Å²) in [7, 11) is -3.30. The van der Waals surface area contributed by atoms with Gasteiger partial charge in [-0.1, -0.05) is 6.42 Å². The Morgan fingerprint density at radius 1 is 1.14 bits per heavy atom. The number of likely N-dealkylation sites (tertiary alicyclic amines) is 1. The van der Waals surface area contributed by atoms with Gasteiger partial charge in [0.2, 0.25) is 15.9 Å². The number of amides is 1. The van der Waals surface area contributed by atoms with E-state index in [1.54, 1.807) is 0 Å². The van der Waals surface area contributed by atoms with E-state index < -0.39 is 16.1 Å². The van der Waals surface area contributed by atoms with E-state index in [2.05, 4.69) is 10.2 Å². The molecular formula is C15H27N3O3S. The third-order valence-electron chi connectivity index (χ3n) is 5.13. The highest BCUT2D eigenvalue weighted by Gasteiger charge is 2.36. The molecule has 2 aliphatic heterocycles. The molecule has 126 valence electrons. The molecule has 1 saturated carbocycles. The van der Waals surface area contributed by atoms with Crippen LogP contribution < -0.4 is 5.32 Å². The smallest absolute Gasteiger partial charge is 0.238 e. The molecule has 0 radical (unpaired) electrons. The Hall–Kier alpha value is -0.660. The van der Waals surface area contributed by atoms with Gasteiger partial charge in [-0.05, 0) is 44.6 Å². The van der Waals surface area contributed by atoms with Gasteiger partial charge in [-0.15, -0.1) is 0 Å². The highest BCUT2D eigenvalue weighted by Crippen LogP contribution is 2.31. The maximum Gasteiger partial charge on any atom is 0.238 e. The van der Waals surface area contributed by atoms with E-state index in [4.69, 9.17) is 0 Å². The molecule has 7 heteroatoms. The van der Waals surface area contributed by atoms with Crippen molar-refractivity contribution in [2.24, 2.45) is 5.92 Å². The second-order valence-corrected chi connectivity index (χ2v) is 8.95. The fourth-order valence-electron chi connectivity index (χ4n) is 3.73. The van der Waals surface area contributed by atoms with Gasteiger partial charge in [0.25, 0.3) is 0 Å². The third kappa shape index (κ3) is 3.81. The van der Waals surface area contributed by atoms with Crippen LogP contribution in [0.2, 0.25) is 0 Å². The zero-order valence-corrected chi connectivity index (χ0v) is 14.1. The van der Waals surface area contributed by atoms with E-state index >= 15 is 0 Å². The number of sulfonamides is 1. The average Bonchev–Trinajstić information content (AvgIpc) is 3.23. The van der Waals surface area contributed by atoms with Crippen LogP contribution >= 0.6 is 0 Å². The molecule has 3 fully saturated rings. The molecular weight excluding hydrogens is 302 g/mol. The second kappa shape index (κ2) is 6.45. The summed E-state index contributed by atoms with van der Waals surface area (Å²) >= 11 is 0. The average molecular weight is 329 g/mol. The summed E-state index contributed by atoms with van der Waals surface area (Å²) in [5.74, 6) is 0.398. The van der Waals surface area contributed by atoms with Gasteiger partial charge in [0.05, 0.1) is 6.26 Å². The van der Waals surface area contributed by atoms with Crippen LogP contribution in [0.5, 0.6) is 0 Å². The summed E-state index contributed by atoms with van der Waals surface area (Å²) < 4.78 is 25.0. The van der Waals surface area contributed by atoms with Crippen LogP contribution in [-0.4, -0.2) is 68.0 Å². The number of nitrogens with one attached hydrogen (secondary N) is 1. The van der Waals surface area contributed by atoms with Gasteiger partial charge in [0.15, 0.2) is 0 Å². The lowest BCUT2D eigenvalue weighted by Gasteiger charge is -2.32. The number of piperidine rings is 1. The lowest BCUT2D eigenvalue weighted by atomic mass is 10.0. The minimum absolute atomic E-state index is 0.116. The fourth-order valence-corrected chi connectivity index (χ4v) is 4.85. The van der Waals surface area contributed by atoms with Crippen molar-refractivity contribution in [2.75, 3.05) is 32.4 Å². The molecule has 0 spiro atoms. The predicted molar refractivity (Wildman–Crippen MR) is 84.9 cm³/mol. The van der Waals surface area contributed by atoms with Crippen LogP contribution in [0.15, 0.2) is 0 Å². The van der Waals surface area contributed by atoms with Gasteiger partial charge in [-0.3, -0.25) is 4.79 Å². The van der Waals surface area contributed by atoms with Crippen molar-refractivity contribution in [3.63, 3.8) is 0 Å². The third-order valence-corrected chi connectivity index (χ3v) is 6.42. The maximum absolute atomic E-state index is 12.4. The summed E-state index contributed by atoms with van der Waals surface area (Å²) in [6.07, 6.45) is 7.38. The van der Waals surface area contributed by atoms with Crippen molar-refractivity contribution in [1.82, 2.24) is 14.5 Å². The molecule has 3 rings (SSSR count). The Balaban J connectivity index is 1.50. The van der Waals surface area contributed by atoms with E-state index in [1.165, 1.54) is 23.4 Å². The van der Waals surface area contributed by atoms with E-state index in [-0.39, 0.29) is 5.91 Å². The molecule has 1 amide bonds. The summed E-state index contributed by atoms with van der Waals surface area (Å²) in [4.78, 5) is 14.9. The Morgan fingerprint density at radius 2 is 1.91 bits per heavy atom. The van der Waals surface area contributed by atoms with Crippen molar-refractivity contribution < 1.29 is 13.2 Å². The Morgan fingerprint density at radius 3 is 2.59 bits per heavy atom. The molecule has 22 heavy (non-hydrogen) atoms. The van der Waals surface area contributed by atoms with Gasteiger partial charge in [0, 0.05) is 25.7 Å². The molecule has 0 aromatic rings. The summed E-state index contributed by atoms with van der Waals surface area (Å²) in [6, 6.07) is 0.282. The van der Waals surface area contributed by atoms with Crippen LogP contribution in [-0.2, 0) is 14.8 Å². The van der Waals surface area contributed by atoms with Crippen LogP contribution in [0, 0.1) is 5.92 Å². The van der Waals surface area contributed by atoms with Crippen LogP contribution in [0.1, 0.15) is 38.5 Å². The number of carbonyl (C=O) groups is 1. The standard InChI is InChI=1S/C15H27N3O3S/c1-22(20,21)18-8-3-2-4-14(18)15(19)16-10-12-7-9-17(11-12)13-5-6-13/h12-14H,2-11H2,1H3,(H,16,19)/t12-,14-/m0/s1. The van der Waals surface area contributed by atoms with E-state index in [0.29, 0.717) is 25.4 Å². The highest BCUT2D eigenvalue weighted by molar-refractivity contribution is 7.88. The van der Waals surface area contributed by atoms with Gasteiger partial charge >= 0.3 is 0 Å². The quantitative estimate of drug-likeness (QED) is 0.793. The van der Waals surface area contributed by atoms with Gasteiger partial charge in [-0.25, -0.2) is 8.42 Å². The first kappa shape index (κ1) is 16.2. The SMILES string of the molecule is CS(=O)(=O)N1CCCC[C@H]1C(=O)NC[C@@H]1CCN(C2CC2)C1. The number of rotatable bonds is 5. The first-order valence-electron chi connectivity index (χ1n) is 8.44. The predicted octanol–water partition coefficient (Wildman–Crippen LogP) is 0.401. The minimum Gasteiger partial charge on any atom is -0.354 e. The highest BCUT2D eigenvalue weighted by atomic mass is 32.2. The molecule has 0 aromatic heterocycles. The van der Waals surface area contributed by atoms with Gasteiger partial charge in [0.1, 0.15) is 6.04 Å². The summed E-state index contributed by atoms with van der Waals surface area (Å²) in [6.45, 7) is 3.36. The van der Waals surface area contributed by atoms with Crippen molar-refractivity contribution >= 4 is 15.9 Å². The topological polar surface area (TPSA) is 69.7 Å². The number of nitrogens with zero attached hydrogens (tertiary/aromatic N) is 2. The molecule has 3 aliphatic rings. The zero-order valence-electron chi connectivity index (χ0n) is 13.3. The molecule has 0 bridgehead atoms. The van der Waals surface area contributed by atoms with Crippen molar-refractivity contribution in [1.29, 1.82) is 0 Å². The van der Waals surface area contributed by atoms with E-state index in [1.807, 2.05) is 0 Å². The lowest BCUT2D eigenvalue weighted by molar-refractivity contribution is -0.125. The first-order chi connectivity index (χ1) is 10.4. The molecule has 2 heterocycles. The Bertz CT molecular complexity index is 518. The Labute approximate surface area is 133 Å². The Kier molecular flexibility index (Phi) is 4.75. The first-order valence-corrected chi connectivity index (χ1v) is 10.3. The van der Waals surface area contributed by atoms with Crippen LogP contribution in [0.25, 0.3) is 0 Å². The summed E-state index contributed by atoms with van der Waals surface area (Å²) in [5.41, 5.74) is 0. The molecule has 1 aliphatic carbocycles. The molecule has 2 saturated heterocycles. The van der Waals surface area contributed by atoms with E-state index in [9.17, 15) is 13.2 Å². The molecule has 6 nitrogen and oxygen atoms in total. The van der Waals surface area contributed by atoms with Crippen LogP contribution in [0.3, 0.4) is 0 Å². The van der Waals surface area contributed by atoms with E-state index in [0.717, 1.165) is 38.4 Å². The number of hydrogen-bond acceptors (Lipinski definition) is 4. The molecule has 1 N–H and O–H groups in total. The minimum atomic E-state index is -3.30. The lowest BCUT2D eigenvalue weighted by Crippen LogP contribution is -2.52. The van der Waals surface area contributed by atoms with Gasteiger partial charge < -0.3 is 10.2 Å². The van der Waals surface area contributed by atoms with Crippen molar-refractivity contribution in [3.8, 4) is 0 Å². The van der Waals surface area contributed by atoms with Gasteiger partial charge in [-0.2, -0.15) is 4.31 Å². The largest absolute Gasteiger partial charge is 0.354 e. The zero-order chi connectivity index (χ0) is 15.7. The van der Waals surface area contributed by atoms with Crippen LogP contribution in [0.4, 0.5) is 0 Å². The number of carbonyl (C=O) groups excluding carboxylic acids is 1. The monoisotopic (exact) mass is 329 g/mol. The molecule has 0 aromatic carbocycles.